The first-order chi connectivity index (χ1) is 16.6. The number of hydrogen-bond acceptors (Lipinski definition) is 4. The molecule has 9 heteroatoms. The lowest BCUT2D eigenvalue weighted by atomic mass is 9.96. The van der Waals surface area contributed by atoms with E-state index in [4.69, 9.17) is 0 Å². The van der Waals surface area contributed by atoms with Crippen LogP contribution in [0.25, 0.3) is 0 Å². The van der Waals surface area contributed by atoms with Crippen molar-refractivity contribution >= 4 is 29.2 Å². The van der Waals surface area contributed by atoms with Crippen molar-refractivity contribution in [2.75, 3.05) is 23.7 Å². The average molecular weight is 461 g/mol. The Bertz CT molecular complexity index is 1110. The summed E-state index contributed by atoms with van der Waals surface area (Å²) in [6.45, 7) is 1.58. The first kappa shape index (κ1) is 23.0. The number of likely N-dealkylation sites (tertiary alicyclic amines) is 1. The second kappa shape index (κ2) is 11.1. The minimum atomic E-state index is -0.173. The number of benzene rings is 2. The van der Waals surface area contributed by atoms with Crippen molar-refractivity contribution < 1.29 is 14.4 Å². The van der Waals surface area contributed by atoms with Gasteiger partial charge in [-0.2, -0.15) is 5.10 Å². The van der Waals surface area contributed by atoms with E-state index in [-0.39, 0.29) is 30.3 Å². The fourth-order valence-corrected chi connectivity index (χ4v) is 3.90. The number of rotatable bonds is 7. The minimum Gasteiger partial charge on any atom is -0.352 e. The zero-order valence-corrected chi connectivity index (χ0v) is 18.8. The van der Waals surface area contributed by atoms with E-state index in [1.54, 1.807) is 28.0 Å². The lowest BCUT2D eigenvalue weighted by Gasteiger charge is -2.31. The van der Waals surface area contributed by atoms with E-state index >= 15 is 0 Å². The molecule has 1 saturated heterocycles. The highest BCUT2D eigenvalue weighted by Crippen LogP contribution is 2.19. The Balaban J connectivity index is 1.21. The molecule has 2 aromatic carbocycles. The molecule has 9 nitrogen and oxygen atoms in total. The molecular weight excluding hydrogens is 432 g/mol. The molecule has 0 aliphatic carbocycles. The summed E-state index contributed by atoms with van der Waals surface area (Å²) in [5.41, 5.74) is 2.32. The van der Waals surface area contributed by atoms with Crippen LogP contribution in [0.2, 0.25) is 0 Å². The lowest BCUT2D eigenvalue weighted by Crippen LogP contribution is -2.44. The predicted octanol–water partition coefficient (Wildman–Crippen LogP) is 3.08. The van der Waals surface area contributed by atoms with Gasteiger partial charge >= 0.3 is 6.03 Å². The van der Waals surface area contributed by atoms with E-state index in [9.17, 15) is 14.4 Å². The highest BCUT2D eigenvalue weighted by molar-refractivity contribution is 5.91. The Morgan fingerprint density at radius 3 is 2.41 bits per heavy atom. The molecule has 1 aliphatic rings. The second-order valence-corrected chi connectivity index (χ2v) is 8.23. The van der Waals surface area contributed by atoms with Gasteiger partial charge in [-0.25, -0.2) is 4.79 Å². The van der Waals surface area contributed by atoms with Crippen LogP contribution in [0.4, 0.5) is 16.2 Å². The van der Waals surface area contributed by atoms with Crippen molar-refractivity contribution in [3.8, 4) is 0 Å². The van der Waals surface area contributed by atoms with Crippen LogP contribution >= 0.6 is 0 Å². The highest BCUT2D eigenvalue weighted by Gasteiger charge is 2.27. The summed E-state index contributed by atoms with van der Waals surface area (Å²) in [7, 11) is 0. The van der Waals surface area contributed by atoms with Crippen LogP contribution < -0.4 is 16.0 Å². The van der Waals surface area contributed by atoms with E-state index in [2.05, 4.69) is 21.0 Å². The molecule has 2 heterocycles. The monoisotopic (exact) mass is 460 g/mol. The molecule has 3 aromatic rings. The fourth-order valence-electron chi connectivity index (χ4n) is 3.90. The van der Waals surface area contributed by atoms with Gasteiger partial charge < -0.3 is 20.9 Å². The molecule has 1 aliphatic heterocycles. The molecule has 4 amide bonds. The van der Waals surface area contributed by atoms with Crippen molar-refractivity contribution in [1.82, 2.24) is 20.0 Å². The maximum Gasteiger partial charge on any atom is 0.321 e. The van der Waals surface area contributed by atoms with E-state index < -0.39 is 0 Å². The molecule has 0 saturated carbocycles. The molecule has 0 unspecified atom stereocenters. The summed E-state index contributed by atoms with van der Waals surface area (Å²) in [6, 6.07) is 18.4. The molecule has 34 heavy (non-hydrogen) atoms. The summed E-state index contributed by atoms with van der Waals surface area (Å²) in [6.07, 6.45) is 4.60. The van der Waals surface area contributed by atoms with Crippen LogP contribution in [0.1, 0.15) is 18.4 Å². The van der Waals surface area contributed by atoms with Gasteiger partial charge in [0.1, 0.15) is 6.54 Å². The predicted molar refractivity (Wildman–Crippen MR) is 129 cm³/mol. The number of aromatic nitrogens is 2. The fraction of sp³-hybridized carbons (Fsp3) is 0.280. The minimum absolute atomic E-state index is 0.0174. The first-order valence-electron chi connectivity index (χ1n) is 11.3. The van der Waals surface area contributed by atoms with Gasteiger partial charge in [0, 0.05) is 49.3 Å². The Kier molecular flexibility index (Phi) is 7.54. The van der Waals surface area contributed by atoms with Gasteiger partial charge in [0.15, 0.2) is 0 Å². The van der Waals surface area contributed by atoms with E-state index in [0.29, 0.717) is 38.2 Å². The highest BCUT2D eigenvalue weighted by atomic mass is 16.2. The van der Waals surface area contributed by atoms with Gasteiger partial charge in [-0.15, -0.1) is 0 Å². The molecule has 176 valence electrons. The number of piperidine rings is 1. The molecule has 1 fully saturated rings. The summed E-state index contributed by atoms with van der Waals surface area (Å²) in [5.74, 6) is -0.318. The number of amides is 4. The van der Waals surface area contributed by atoms with Gasteiger partial charge in [-0.1, -0.05) is 30.3 Å². The molecule has 0 atom stereocenters. The van der Waals surface area contributed by atoms with Crippen molar-refractivity contribution in [3.63, 3.8) is 0 Å². The van der Waals surface area contributed by atoms with Crippen molar-refractivity contribution in [1.29, 1.82) is 0 Å². The maximum atomic E-state index is 12.7. The van der Waals surface area contributed by atoms with Crippen LogP contribution in [0, 0.1) is 5.92 Å². The van der Waals surface area contributed by atoms with Gasteiger partial charge in [-0.05, 0) is 48.7 Å². The summed E-state index contributed by atoms with van der Waals surface area (Å²) < 4.78 is 1.55. The van der Waals surface area contributed by atoms with Crippen LogP contribution in [0.5, 0.6) is 0 Å². The van der Waals surface area contributed by atoms with Crippen LogP contribution in [0.15, 0.2) is 73.1 Å². The molecule has 4 rings (SSSR count). The van der Waals surface area contributed by atoms with Gasteiger partial charge in [-0.3, -0.25) is 14.3 Å². The topological polar surface area (TPSA) is 108 Å². The third kappa shape index (κ3) is 6.44. The van der Waals surface area contributed by atoms with Crippen molar-refractivity contribution in [2.24, 2.45) is 5.92 Å². The lowest BCUT2D eigenvalue weighted by molar-refractivity contribution is -0.126. The normalized spacial score (nSPS) is 13.8. The molecule has 0 bridgehead atoms. The Morgan fingerprint density at radius 2 is 1.68 bits per heavy atom. The largest absolute Gasteiger partial charge is 0.352 e. The average Bonchev–Trinajstić information content (AvgIpc) is 3.36. The summed E-state index contributed by atoms with van der Waals surface area (Å²) in [5, 5.41) is 12.7. The maximum absolute atomic E-state index is 12.7. The number of carbonyl (C=O) groups is 3. The smallest absolute Gasteiger partial charge is 0.321 e. The molecule has 3 N–H and O–H groups in total. The molecular formula is C25H28N6O3. The van der Waals surface area contributed by atoms with Crippen molar-refractivity contribution in [2.45, 2.75) is 25.9 Å². The quantitative estimate of drug-likeness (QED) is 0.503. The Morgan fingerprint density at radius 1 is 0.912 bits per heavy atom. The first-order valence-corrected chi connectivity index (χ1v) is 11.3. The molecule has 0 spiro atoms. The third-order valence-corrected chi connectivity index (χ3v) is 5.72. The summed E-state index contributed by atoms with van der Waals surface area (Å²) >= 11 is 0. The van der Waals surface area contributed by atoms with Crippen molar-refractivity contribution in [3.05, 3.63) is 78.6 Å². The third-order valence-electron chi connectivity index (χ3n) is 5.72. The number of hydrogen-bond donors (Lipinski definition) is 3. The zero-order valence-electron chi connectivity index (χ0n) is 18.8. The number of urea groups is 1. The SMILES string of the molecule is O=C(Cn1cccn1)Nc1cccc(CNC(=O)C2CCN(C(=O)Nc3ccccc3)CC2)c1. The Labute approximate surface area is 198 Å². The van der Waals surface area contributed by atoms with E-state index in [1.807, 2.05) is 54.6 Å². The van der Waals surface area contributed by atoms with Crippen LogP contribution in [-0.2, 0) is 22.7 Å². The number of anilines is 2. The van der Waals surface area contributed by atoms with Gasteiger partial charge in [0.25, 0.3) is 0 Å². The van der Waals surface area contributed by atoms with Crippen LogP contribution in [0.3, 0.4) is 0 Å². The van der Waals surface area contributed by atoms with Crippen LogP contribution in [-0.4, -0.2) is 45.6 Å². The standard InChI is InChI=1S/C25H28N6O3/c32-23(18-31-13-5-12-27-31)28-22-9-4-6-19(16-22)17-26-24(33)20-10-14-30(15-11-20)25(34)29-21-7-2-1-3-8-21/h1-9,12-13,16,20H,10-11,14-15,17-18H2,(H,26,33)(H,28,32)(H,29,34). The Hall–Kier alpha value is -4.14. The number of para-hydroxylation sites is 1. The number of nitrogens with one attached hydrogen (secondary N) is 3. The number of nitrogens with zero attached hydrogens (tertiary/aromatic N) is 3. The summed E-state index contributed by atoms with van der Waals surface area (Å²) in [4.78, 5) is 39.0. The van der Waals surface area contributed by atoms with Gasteiger partial charge in [0.2, 0.25) is 11.8 Å². The molecule has 0 radical (unpaired) electrons. The van der Waals surface area contributed by atoms with E-state index in [1.165, 1.54) is 0 Å². The van der Waals surface area contributed by atoms with Gasteiger partial charge in [0.05, 0.1) is 0 Å². The second-order valence-electron chi connectivity index (χ2n) is 8.23. The zero-order chi connectivity index (χ0) is 23.8. The number of carbonyl (C=O) groups excluding carboxylic acids is 3. The molecule has 1 aromatic heterocycles. The van der Waals surface area contributed by atoms with E-state index in [0.717, 1.165) is 11.3 Å².